The van der Waals surface area contributed by atoms with Crippen molar-refractivity contribution < 1.29 is 23.6 Å². The molecular formula is C17H14N2O5. The van der Waals surface area contributed by atoms with Gasteiger partial charge in [0.05, 0.1) is 6.26 Å². The smallest absolute Gasteiger partial charge is 0.333 e. The third-order valence-electron chi connectivity index (χ3n) is 3.65. The van der Waals surface area contributed by atoms with Crippen LogP contribution in [0.4, 0.5) is 0 Å². The molecule has 3 rings (SSSR count). The Labute approximate surface area is 136 Å². The molecule has 0 saturated carbocycles. The molecule has 0 aliphatic heterocycles. The highest BCUT2D eigenvalue weighted by molar-refractivity contribution is 5.97. The molecule has 122 valence electrons. The van der Waals surface area contributed by atoms with Crippen molar-refractivity contribution in [3.8, 4) is 11.5 Å². The van der Waals surface area contributed by atoms with E-state index in [9.17, 15) is 14.7 Å². The zero-order chi connectivity index (χ0) is 17.2. The molecule has 0 bridgehead atoms. The average molecular weight is 326 g/mol. The summed E-state index contributed by atoms with van der Waals surface area (Å²) in [7, 11) is 0. The fourth-order valence-corrected chi connectivity index (χ4v) is 2.23. The summed E-state index contributed by atoms with van der Waals surface area (Å²) in [4.78, 5) is 24.1. The van der Waals surface area contributed by atoms with Crippen LogP contribution >= 0.6 is 0 Å². The Balaban J connectivity index is 1.86. The van der Waals surface area contributed by atoms with E-state index in [1.165, 1.54) is 19.3 Å². The number of nitrogens with zero attached hydrogens (tertiary/aromatic N) is 1. The monoisotopic (exact) mass is 326 g/mol. The second-order valence-electron chi connectivity index (χ2n) is 5.30. The molecule has 1 unspecified atom stereocenters. The molecule has 2 aromatic heterocycles. The van der Waals surface area contributed by atoms with Crippen LogP contribution < -0.4 is 5.32 Å². The van der Waals surface area contributed by atoms with Crippen LogP contribution in [0.5, 0.6) is 0 Å². The van der Waals surface area contributed by atoms with Crippen molar-refractivity contribution in [2.45, 2.75) is 12.5 Å². The van der Waals surface area contributed by atoms with Crippen molar-refractivity contribution in [3.05, 3.63) is 66.1 Å². The van der Waals surface area contributed by atoms with E-state index >= 15 is 0 Å². The van der Waals surface area contributed by atoms with Gasteiger partial charge < -0.3 is 19.4 Å². The van der Waals surface area contributed by atoms with Gasteiger partial charge in [0.15, 0.2) is 17.0 Å². The molecule has 24 heavy (non-hydrogen) atoms. The van der Waals surface area contributed by atoms with Crippen molar-refractivity contribution in [1.82, 2.24) is 10.5 Å². The number of aromatic nitrogens is 1. The summed E-state index contributed by atoms with van der Waals surface area (Å²) in [6.45, 7) is 1.41. The van der Waals surface area contributed by atoms with Crippen molar-refractivity contribution in [2.24, 2.45) is 0 Å². The van der Waals surface area contributed by atoms with Gasteiger partial charge in [-0.2, -0.15) is 0 Å². The molecule has 0 saturated heterocycles. The van der Waals surface area contributed by atoms with E-state index in [1.807, 2.05) is 0 Å². The zero-order valence-electron chi connectivity index (χ0n) is 12.7. The summed E-state index contributed by atoms with van der Waals surface area (Å²) in [5, 5.41) is 15.7. The lowest BCUT2D eigenvalue weighted by molar-refractivity contribution is -0.144. The van der Waals surface area contributed by atoms with Crippen molar-refractivity contribution in [2.75, 3.05) is 0 Å². The third kappa shape index (κ3) is 2.79. The Hall–Kier alpha value is -3.35. The number of nitrogens with one attached hydrogen (secondary N) is 1. The number of hydrogen-bond acceptors (Lipinski definition) is 5. The predicted octanol–water partition coefficient (Wildman–Crippen LogP) is 2.66. The van der Waals surface area contributed by atoms with Crippen LogP contribution in [0.3, 0.4) is 0 Å². The van der Waals surface area contributed by atoms with Gasteiger partial charge in [0, 0.05) is 6.07 Å². The summed E-state index contributed by atoms with van der Waals surface area (Å²) in [5.41, 5.74) is -1.19. The van der Waals surface area contributed by atoms with Crippen LogP contribution in [0, 0.1) is 0 Å². The largest absolute Gasteiger partial charge is 0.479 e. The highest BCUT2D eigenvalue weighted by atomic mass is 16.5. The second-order valence-corrected chi connectivity index (χ2v) is 5.30. The molecule has 1 amide bonds. The van der Waals surface area contributed by atoms with Crippen LogP contribution in [0.15, 0.2) is 63.7 Å². The highest BCUT2D eigenvalue weighted by Gasteiger charge is 2.37. The molecular weight excluding hydrogens is 312 g/mol. The topological polar surface area (TPSA) is 106 Å². The average Bonchev–Trinajstić information content (AvgIpc) is 3.26. The van der Waals surface area contributed by atoms with Gasteiger partial charge in [-0.05, 0) is 24.6 Å². The number of carboxylic acid groups (broad SMARTS) is 1. The quantitative estimate of drug-likeness (QED) is 0.746. The molecule has 2 N–H and O–H groups in total. The number of carbonyl (C=O) groups is 2. The van der Waals surface area contributed by atoms with Gasteiger partial charge in [-0.3, -0.25) is 4.79 Å². The maximum atomic E-state index is 12.4. The molecule has 2 heterocycles. The Morgan fingerprint density at radius 1 is 1.12 bits per heavy atom. The fraction of sp³-hybridized carbons (Fsp3) is 0.118. The van der Waals surface area contributed by atoms with Crippen LogP contribution in [0.1, 0.15) is 23.0 Å². The Bertz CT molecular complexity index is 854. The lowest BCUT2D eigenvalue weighted by Crippen LogP contribution is -2.49. The number of carbonyl (C=O) groups excluding carboxylic acids is 1. The van der Waals surface area contributed by atoms with Gasteiger partial charge >= 0.3 is 5.97 Å². The molecule has 0 aliphatic carbocycles. The number of carboxylic acids is 1. The molecule has 0 spiro atoms. The summed E-state index contributed by atoms with van der Waals surface area (Å²) < 4.78 is 10.2. The third-order valence-corrected chi connectivity index (χ3v) is 3.65. The molecule has 7 heteroatoms. The maximum absolute atomic E-state index is 12.4. The van der Waals surface area contributed by atoms with E-state index in [1.54, 1.807) is 42.5 Å². The van der Waals surface area contributed by atoms with Gasteiger partial charge in [0.1, 0.15) is 0 Å². The van der Waals surface area contributed by atoms with Gasteiger partial charge in [0.2, 0.25) is 5.76 Å². The first-order valence-corrected chi connectivity index (χ1v) is 7.13. The van der Waals surface area contributed by atoms with Crippen LogP contribution in [0.2, 0.25) is 0 Å². The minimum atomic E-state index is -1.60. The first kappa shape index (κ1) is 15.5. The molecule has 0 aliphatic rings. The number of rotatable bonds is 5. The van der Waals surface area contributed by atoms with Gasteiger partial charge in [-0.15, -0.1) is 0 Å². The summed E-state index contributed by atoms with van der Waals surface area (Å²) in [6.07, 6.45) is 1.47. The van der Waals surface area contributed by atoms with E-state index in [2.05, 4.69) is 10.5 Å². The first-order valence-electron chi connectivity index (χ1n) is 7.13. The van der Waals surface area contributed by atoms with E-state index in [0.29, 0.717) is 11.3 Å². The fourth-order valence-electron chi connectivity index (χ4n) is 2.23. The lowest BCUT2D eigenvalue weighted by atomic mass is 9.92. The minimum absolute atomic E-state index is 0.0372. The van der Waals surface area contributed by atoms with Crippen LogP contribution in [-0.4, -0.2) is 22.1 Å². The van der Waals surface area contributed by atoms with Crippen molar-refractivity contribution in [3.63, 3.8) is 0 Å². The minimum Gasteiger partial charge on any atom is -0.479 e. The maximum Gasteiger partial charge on any atom is 0.333 e. The number of hydrogen-bond donors (Lipinski definition) is 2. The SMILES string of the molecule is CC(NC(=O)c1cc(-c2ccco2)on1)(C(=O)O)c1ccccc1. The van der Waals surface area contributed by atoms with E-state index in [-0.39, 0.29) is 11.5 Å². The predicted molar refractivity (Wildman–Crippen MR) is 83.1 cm³/mol. The molecule has 3 aromatic rings. The van der Waals surface area contributed by atoms with Gasteiger partial charge in [0.25, 0.3) is 5.91 Å². The summed E-state index contributed by atoms with van der Waals surface area (Å²) in [5.74, 6) is -1.14. The number of amides is 1. The molecule has 7 nitrogen and oxygen atoms in total. The Kier molecular flexibility index (Phi) is 3.91. The summed E-state index contributed by atoms with van der Waals surface area (Å²) in [6, 6.07) is 13.2. The number of benzene rings is 1. The Morgan fingerprint density at radius 2 is 1.88 bits per heavy atom. The highest BCUT2D eigenvalue weighted by Crippen LogP contribution is 2.23. The number of aliphatic carboxylic acids is 1. The van der Waals surface area contributed by atoms with Crippen molar-refractivity contribution >= 4 is 11.9 Å². The molecule has 1 aromatic carbocycles. The van der Waals surface area contributed by atoms with Crippen LogP contribution in [0.25, 0.3) is 11.5 Å². The molecule has 1 atom stereocenters. The standard InChI is InChI=1S/C17H14N2O5/c1-17(16(21)22,11-6-3-2-4-7-11)18-15(20)12-10-14(24-19-12)13-8-5-9-23-13/h2-10H,1H3,(H,18,20)(H,21,22). The Morgan fingerprint density at radius 3 is 2.50 bits per heavy atom. The zero-order valence-corrected chi connectivity index (χ0v) is 12.7. The normalized spacial score (nSPS) is 13.2. The molecule has 0 radical (unpaired) electrons. The first-order chi connectivity index (χ1) is 11.5. The van der Waals surface area contributed by atoms with E-state index in [4.69, 9.17) is 8.94 Å². The van der Waals surface area contributed by atoms with Gasteiger partial charge in [-0.1, -0.05) is 35.5 Å². The number of furan rings is 1. The van der Waals surface area contributed by atoms with Crippen molar-refractivity contribution in [1.29, 1.82) is 0 Å². The lowest BCUT2D eigenvalue weighted by Gasteiger charge is -2.26. The van der Waals surface area contributed by atoms with Crippen LogP contribution in [-0.2, 0) is 10.3 Å². The van der Waals surface area contributed by atoms with E-state index < -0.39 is 17.4 Å². The van der Waals surface area contributed by atoms with Gasteiger partial charge in [-0.25, -0.2) is 4.79 Å². The molecule has 0 fully saturated rings. The second kappa shape index (κ2) is 6.04. The summed E-state index contributed by atoms with van der Waals surface area (Å²) >= 11 is 0. The van der Waals surface area contributed by atoms with E-state index in [0.717, 1.165) is 0 Å².